The maximum atomic E-state index is 14.5. The van der Waals surface area contributed by atoms with Gasteiger partial charge < -0.3 is 20.1 Å². The molecule has 2 aliphatic rings. The number of hydrogen-bond acceptors (Lipinski definition) is 3. The molecule has 0 spiro atoms. The van der Waals surface area contributed by atoms with E-state index in [0.717, 1.165) is 16.8 Å². The summed E-state index contributed by atoms with van der Waals surface area (Å²) in [6.07, 6.45) is 6.84. The van der Waals surface area contributed by atoms with Crippen molar-refractivity contribution in [1.29, 1.82) is 0 Å². The van der Waals surface area contributed by atoms with Crippen LogP contribution < -0.4 is 10.1 Å². The molecule has 1 aromatic heterocycles. The molecule has 1 amide bonds. The van der Waals surface area contributed by atoms with E-state index < -0.39 is 24.0 Å². The summed E-state index contributed by atoms with van der Waals surface area (Å²) in [5.41, 5.74) is 4.17. The number of hydrogen-bond donors (Lipinski definition) is 3. The fourth-order valence-corrected chi connectivity index (χ4v) is 5.01. The highest BCUT2D eigenvalue weighted by atomic mass is 19.1. The Morgan fingerprint density at radius 1 is 1.24 bits per heavy atom. The highest BCUT2D eigenvalue weighted by Crippen LogP contribution is 2.36. The predicted molar refractivity (Wildman–Crippen MR) is 138 cm³/mol. The SMILES string of the molecule is Cc1c(C(=O)N[C@H](C)c2cc(F)cc(OC3=CC=C(CCC(=O)O)C(C)C3)c2)[nH]c2c1C(C)C(F)C=C2. The first-order valence-electron chi connectivity index (χ1n) is 12.5. The second-order valence-corrected chi connectivity index (χ2v) is 9.94. The highest BCUT2D eigenvalue weighted by molar-refractivity contribution is 5.95. The number of halogens is 2. The first-order chi connectivity index (χ1) is 17.5. The number of rotatable bonds is 8. The van der Waals surface area contributed by atoms with Crippen LogP contribution in [0.4, 0.5) is 8.78 Å². The van der Waals surface area contributed by atoms with Gasteiger partial charge in [0.15, 0.2) is 0 Å². The van der Waals surface area contributed by atoms with Crippen LogP contribution >= 0.6 is 0 Å². The van der Waals surface area contributed by atoms with Gasteiger partial charge in [-0.05, 0) is 73.2 Å². The molecule has 0 aliphatic heterocycles. The Kier molecular flexibility index (Phi) is 7.66. The van der Waals surface area contributed by atoms with Crippen LogP contribution in [0.5, 0.6) is 5.75 Å². The van der Waals surface area contributed by atoms with E-state index in [1.165, 1.54) is 18.2 Å². The van der Waals surface area contributed by atoms with E-state index in [2.05, 4.69) is 10.3 Å². The number of alkyl halides is 1. The fraction of sp³-hybridized carbons (Fsp3) is 0.379. The van der Waals surface area contributed by atoms with Crippen LogP contribution in [0, 0.1) is 18.7 Å². The van der Waals surface area contributed by atoms with Crippen LogP contribution in [0.3, 0.4) is 0 Å². The number of aromatic amines is 1. The van der Waals surface area contributed by atoms with Crippen molar-refractivity contribution in [3.8, 4) is 5.75 Å². The number of benzene rings is 1. The molecule has 3 unspecified atom stereocenters. The van der Waals surface area contributed by atoms with E-state index in [4.69, 9.17) is 9.84 Å². The fourth-order valence-electron chi connectivity index (χ4n) is 5.01. The first kappa shape index (κ1) is 26.4. The second kappa shape index (κ2) is 10.7. The van der Waals surface area contributed by atoms with Crippen molar-refractivity contribution in [2.24, 2.45) is 5.92 Å². The number of carbonyl (C=O) groups excluding carboxylic acids is 1. The Morgan fingerprint density at radius 3 is 2.70 bits per heavy atom. The molecular formula is C29H32F2N2O4. The van der Waals surface area contributed by atoms with Crippen molar-refractivity contribution in [1.82, 2.24) is 10.3 Å². The summed E-state index contributed by atoms with van der Waals surface area (Å²) in [6.45, 7) is 7.35. The molecule has 0 fully saturated rings. The second-order valence-electron chi connectivity index (χ2n) is 9.94. The Labute approximate surface area is 215 Å². The van der Waals surface area contributed by atoms with Gasteiger partial charge in [-0.25, -0.2) is 8.78 Å². The number of ether oxygens (including phenoxy) is 1. The average Bonchev–Trinajstić information content (AvgIpc) is 3.17. The number of fused-ring (bicyclic) bond motifs is 1. The summed E-state index contributed by atoms with van der Waals surface area (Å²) in [7, 11) is 0. The van der Waals surface area contributed by atoms with Crippen LogP contribution in [0.1, 0.15) is 84.9 Å². The number of nitrogens with one attached hydrogen (secondary N) is 2. The molecule has 0 radical (unpaired) electrons. The van der Waals surface area contributed by atoms with E-state index in [-0.39, 0.29) is 24.2 Å². The van der Waals surface area contributed by atoms with Crippen molar-refractivity contribution in [2.45, 2.75) is 65.1 Å². The number of carboxylic acid groups (broad SMARTS) is 1. The van der Waals surface area contributed by atoms with Gasteiger partial charge in [0, 0.05) is 30.5 Å². The lowest BCUT2D eigenvalue weighted by molar-refractivity contribution is -0.136. The van der Waals surface area contributed by atoms with E-state index in [1.54, 1.807) is 39.0 Å². The van der Waals surface area contributed by atoms with Crippen LogP contribution in [-0.2, 0) is 4.79 Å². The molecule has 37 heavy (non-hydrogen) atoms. The number of carbonyl (C=O) groups is 2. The Bertz CT molecular complexity index is 1310. The zero-order valence-corrected chi connectivity index (χ0v) is 21.4. The monoisotopic (exact) mass is 510 g/mol. The molecule has 4 rings (SSSR count). The summed E-state index contributed by atoms with van der Waals surface area (Å²) in [5, 5.41) is 11.8. The molecule has 3 N–H and O–H groups in total. The molecule has 1 heterocycles. The van der Waals surface area contributed by atoms with Crippen LogP contribution in [0.2, 0.25) is 0 Å². The summed E-state index contributed by atoms with van der Waals surface area (Å²) in [5.74, 6) is -0.945. The van der Waals surface area contributed by atoms with E-state index in [0.29, 0.717) is 41.2 Å². The Morgan fingerprint density at radius 2 is 2.00 bits per heavy atom. The molecule has 0 saturated heterocycles. The van der Waals surface area contributed by atoms with Gasteiger partial charge >= 0.3 is 5.97 Å². The van der Waals surface area contributed by atoms with E-state index in [9.17, 15) is 18.4 Å². The van der Waals surface area contributed by atoms with E-state index in [1.807, 2.05) is 13.0 Å². The minimum atomic E-state index is -1.10. The summed E-state index contributed by atoms with van der Waals surface area (Å²) < 4.78 is 34.6. The standard InChI is InChI=1S/C29H32F2N2O4/c1-15-11-22(7-5-19(15)6-10-26(34)35)37-23-13-20(12-21(30)14-23)18(4)32-29(36)28-17(3)27-16(2)24(31)8-9-25(27)33-28/h5,7-9,12-16,18,24,33H,6,10-11H2,1-4H3,(H,32,36)(H,34,35)/t15?,16?,18-,24?/m1/s1. The number of carboxylic acids is 1. The zero-order chi connectivity index (χ0) is 26.9. The minimum absolute atomic E-state index is 0.0772. The van der Waals surface area contributed by atoms with Gasteiger partial charge in [-0.3, -0.25) is 9.59 Å². The molecule has 4 atom stereocenters. The molecule has 1 aromatic carbocycles. The maximum Gasteiger partial charge on any atom is 0.303 e. The molecule has 196 valence electrons. The van der Waals surface area contributed by atoms with Crippen molar-refractivity contribution in [3.05, 3.63) is 81.7 Å². The van der Waals surface area contributed by atoms with E-state index >= 15 is 0 Å². The predicted octanol–water partition coefficient (Wildman–Crippen LogP) is 6.52. The van der Waals surface area contributed by atoms with Gasteiger partial charge in [-0.1, -0.05) is 25.5 Å². The number of allylic oxidation sites excluding steroid dienone is 5. The smallest absolute Gasteiger partial charge is 0.303 e. The number of amides is 1. The number of aromatic nitrogens is 1. The third-order valence-electron chi connectivity index (χ3n) is 7.18. The summed E-state index contributed by atoms with van der Waals surface area (Å²) >= 11 is 0. The highest BCUT2D eigenvalue weighted by Gasteiger charge is 2.29. The van der Waals surface area contributed by atoms with Gasteiger partial charge in [0.2, 0.25) is 0 Å². The molecule has 0 saturated carbocycles. The van der Waals surface area contributed by atoms with Gasteiger partial charge in [0.25, 0.3) is 5.91 Å². The van der Waals surface area contributed by atoms with Gasteiger partial charge in [-0.15, -0.1) is 0 Å². The zero-order valence-electron chi connectivity index (χ0n) is 21.4. The first-order valence-corrected chi connectivity index (χ1v) is 12.5. The Hall–Kier alpha value is -3.68. The Balaban J connectivity index is 1.47. The minimum Gasteiger partial charge on any atom is -0.481 e. The van der Waals surface area contributed by atoms with Crippen LogP contribution in [0.15, 0.2) is 47.8 Å². The number of aliphatic carboxylic acids is 1. The van der Waals surface area contributed by atoms with Crippen molar-refractivity contribution >= 4 is 18.0 Å². The largest absolute Gasteiger partial charge is 0.481 e. The summed E-state index contributed by atoms with van der Waals surface area (Å²) in [6, 6.07) is 3.81. The van der Waals surface area contributed by atoms with Crippen molar-refractivity contribution in [2.75, 3.05) is 0 Å². The maximum absolute atomic E-state index is 14.5. The summed E-state index contributed by atoms with van der Waals surface area (Å²) in [4.78, 5) is 27.0. The average molecular weight is 511 g/mol. The van der Waals surface area contributed by atoms with Crippen LogP contribution in [-0.4, -0.2) is 28.1 Å². The lowest BCUT2D eigenvalue weighted by atomic mass is 9.88. The molecule has 0 bridgehead atoms. The molecular weight excluding hydrogens is 478 g/mol. The molecule has 2 aromatic rings. The van der Waals surface area contributed by atoms with Crippen LogP contribution in [0.25, 0.3) is 6.08 Å². The van der Waals surface area contributed by atoms with Gasteiger partial charge in [0.1, 0.15) is 29.2 Å². The number of H-pyrrole nitrogens is 1. The third-order valence-corrected chi connectivity index (χ3v) is 7.18. The molecule has 2 aliphatic carbocycles. The van der Waals surface area contributed by atoms with Crippen molar-refractivity contribution < 1.29 is 28.2 Å². The molecule has 8 heteroatoms. The topological polar surface area (TPSA) is 91.4 Å². The quantitative estimate of drug-likeness (QED) is 0.377. The van der Waals surface area contributed by atoms with Crippen molar-refractivity contribution in [3.63, 3.8) is 0 Å². The third kappa shape index (κ3) is 5.84. The lowest BCUT2D eigenvalue weighted by Gasteiger charge is -2.22. The molecule has 6 nitrogen and oxygen atoms in total. The van der Waals surface area contributed by atoms with Gasteiger partial charge in [-0.2, -0.15) is 0 Å². The normalized spacial score (nSPS) is 21.5. The lowest BCUT2D eigenvalue weighted by Crippen LogP contribution is -2.27. The van der Waals surface area contributed by atoms with Gasteiger partial charge in [0.05, 0.1) is 6.04 Å².